The first-order valence-corrected chi connectivity index (χ1v) is 15.6. The topological polar surface area (TPSA) is 64.8 Å². The van der Waals surface area contributed by atoms with Gasteiger partial charge in [-0.1, -0.05) is 25.6 Å². The smallest absolute Gasteiger partial charge is 0.326 e. The molecule has 0 aliphatic carbocycles. The average Bonchev–Trinajstić information content (AvgIpc) is 3.12. The Bertz CT molecular complexity index is 1430. The fourth-order valence-corrected chi connectivity index (χ4v) is 5.61. The van der Waals surface area contributed by atoms with E-state index < -0.39 is 31.6 Å². The van der Waals surface area contributed by atoms with Gasteiger partial charge in [-0.15, -0.1) is 0 Å². The van der Waals surface area contributed by atoms with Crippen molar-refractivity contribution >= 4 is 32.0 Å². The molecule has 0 atom stereocenters. The Morgan fingerprint density at radius 1 is 1.11 bits per heavy atom. The molecule has 2 aromatic heterocycles. The van der Waals surface area contributed by atoms with E-state index >= 15 is 0 Å². The molecule has 0 saturated heterocycles. The zero-order valence-electron chi connectivity index (χ0n) is 21.1. The van der Waals surface area contributed by atoms with Crippen molar-refractivity contribution in [1.82, 2.24) is 14.5 Å². The van der Waals surface area contributed by atoms with Crippen molar-refractivity contribution in [2.45, 2.75) is 29.8 Å². The first kappa shape index (κ1) is 27.7. The molecule has 3 aromatic rings. The second kappa shape index (κ2) is 9.89. The molecule has 0 fully saturated rings. The van der Waals surface area contributed by atoms with Gasteiger partial charge in [-0.2, -0.15) is 13.2 Å². The molecule has 0 unspecified atom stereocenters. The van der Waals surface area contributed by atoms with E-state index in [0.717, 1.165) is 18.6 Å². The SMILES string of the molecule is C=Cc1c(/C=C(\C)C(F)(F)F)nc(-c2ncc(-c3ccc(S(C)(C)C)cc3)cc2S(=O)(=O)CC)n1C. The fraction of sp³-hybridized carbons (Fsp3) is 0.308. The number of rotatable bonds is 7. The molecule has 0 amide bonds. The van der Waals surface area contributed by atoms with Gasteiger partial charge in [0.25, 0.3) is 0 Å². The van der Waals surface area contributed by atoms with Gasteiger partial charge in [0.15, 0.2) is 15.7 Å². The predicted molar refractivity (Wildman–Crippen MR) is 143 cm³/mol. The minimum atomic E-state index is -4.52. The third-order valence-electron chi connectivity index (χ3n) is 5.84. The molecule has 3 rings (SSSR count). The number of pyridine rings is 1. The second-order valence-electron chi connectivity index (χ2n) is 9.13. The summed E-state index contributed by atoms with van der Waals surface area (Å²) in [4.78, 5) is 9.99. The summed E-state index contributed by atoms with van der Waals surface area (Å²) in [5.41, 5.74) is 1.02. The molecule has 0 saturated carbocycles. The van der Waals surface area contributed by atoms with Crippen LogP contribution in [0.2, 0.25) is 0 Å². The van der Waals surface area contributed by atoms with Crippen molar-refractivity contribution in [3.8, 4) is 22.6 Å². The van der Waals surface area contributed by atoms with Crippen LogP contribution in [0.4, 0.5) is 13.2 Å². The molecular formula is C26H30F3N3O2S2. The number of nitrogens with zero attached hydrogens (tertiary/aromatic N) is 3. The van der Waals surface area contributed by atoms with Gasteiger partial charge >= 0.3 is 6.18 Å². The number of benzene rings is 1. The average molecular weight is 538 g/mol. The van der Waals surface area contributed by atoms with Crippen LogP contribution in [0.15, 0.2) is 58.5 Å². The van der Waals surface area contributed by atoms with E-state index in [1.54, 1.807) is 19.3 Å². The van der Waals surface area contributed by atoms with Gasteiger partial charge in [-0.25, -0.2) is 23.4 Å². The highest BCUT2D eigenvalue weighted by atomic mass is 32.3. The molecule has 1 aromatic carbocycles. The highest BCUT2D eigenvalue weighted by molar-refractivity contribution is 8.32. The van der Waals surface area contributed by atoms with Crippen LogP contribution in [-0.2, 0) is 16.9 Å². The van der Waals surface area contributed by atoms with Crippen LogP contribution in [0.1, 0.15) is 25.2 Å². The monoisotopic (exact) mass is 537 g/mol. The van der Waals surface area contributed by atoms with Crippen LogP contribution in [0, 0.1) is 0 Å². The first-order chi connectivity index (χ1) is 16.6. The first-order valence-electron chi connectivity index (χ1n) is 11.1. The molecule has 0 bridgehead atoms. The summed E-state index contributed by atoms with van der Waals surface area (Å²) in [6.07, 6.45) is 5.91. The molecule has 0 aliphatic heterocycles. The van der Waals surface area contributed by atoms with Crippen molar-refractivity contribution in [2.75, 3.05) is 24.5 Å². The Morgan fingerprint density at radius 2 is 1.72 bits per heavy atom. The molecule has 2 heterocycles. The van der Waals surface area contributed by atoms with Crippen LogP contribution in [0.3, 0.4) is 0 Å². The standard InChI is InChI=1S/C26H30F3N3O2S2/c1-8-22-21(14-17(3)26(27,28)29)31-25(32(22)4)24-23(36(33,34)9-2)15-19(16-30-24)18-10-12-20(13-11-18)35(5,6)7/h8,10-16H,1,9H2,2-7H3/b17-14+. The predicted octanol–water partition coefficient (Wildman–Crippen LogP) is 6.60. The number of sulfone groups is 1. The van der Waals surface area contributed by atoms with E-state index in [4.69, 9.17) is 0 Å². The molecule has 0 aliphatic rings. The molecule has 0 radical (unpaired) electrons. The number of imidazole rings is 1. The number of hydrogen-bond donors (Lipinski definition) is 0. The zero-order valence-corrected chi connectivity index (χ0v) is 22.8. The van der Waals surface area contributed by atoms with Crippen LogP contribution in [0.5, 0.6) is 0 Å². The Balaban J connectivity index is 2.22. The number of alkyl halides is 3. The summed E-state index contributed by atoms with van der Waals surface area (Å²) >= 11 is 0. The molecule has 36 heavy (non-hydrogen) atoms. The molecule has 0 spiro atoms. The number of allylic oxidation sites excluding steroid dienone is 1. The normalized spacial score (nSPS) is 13.6. The lowest BCUT2D eigenvalue weighted by atomic mass is 10.1. The maximum Gasteiger partial charge on any atom is 0.412 e. The third-order valence-corrected chi connectivity index (χ3v) is 9.26. The van der Waals surface area contributed by atoms with Crippen molar-refractivity contribution < 1.29 is 21.6 Å². The Labute approximate surface area is 212 Å². The lowest BCUT2D eigenvalue weighted by Crippen LogP contribution is -2.09. The van der Waals surface area contributed by atoms with Crippen molar-refractivity contribution in [3.63, 3.8) is 0 Å². The fourth-order valence-electron chi connectivity index (χ4n) is 3.60. The third kappa shape index (κ3) is 5.59. The number of hydrogen-bond acceptors (Lipinski definition) is 4. The van der Waals surface area contributed by atoms with Gasteiger partial charge in [0.1, 0.15) is 5.69 Å². The maximum atomic E-state index is 13.1. The van der Waals surface area contributed by atoms with Crippen LogP contribution < -0.4 is 0 Å². The van der Waals surface area contributed by atoms with E-state index in [2.05, 4.69) is 35.3 Å². The van der Waals surface area contributed by atoms with Crippen molar-refractivity contribution in [1.29, 1.82) is 0 Å². The van der Waals surface area contributed by atoms with Crippen LogP contribution in [-0.4, -0.2) is 53.6 Å². The number of halogens is 3. The summed E-state index contributed by atoms with van der Waals surface area (Å²) in [7, 11) is -3.07. The van der Waals surface area contributed by atoms with Gasteiger partial charge in [-0.3, -0.25) is 4.98 Å². The second-order valence-corrected chi connectivity index (χ2v) is 15.5. The van der Waals surface area contributed by atoms with E-state index in [1.165, 1.54) is 22.5 Å². The van der Waals surface area contributed by atoms with E-state index in [0.29, 0.717) is 11.3 Å². The van der Waals surface area contributed by atoms with Crippen molar-refractivity contribution in [2.24, 2.45) is 7.05 Å². The molecule has 194 valence electrons. The minimum absolute atomic E-state index is 0.0280. The Hall–Kier alpha value is -2.85. The van der Waals surface area contributed by atoms with Crippen LogP contribution >= 0.6 is 10.0 Å². The maximum absolute atomic E-state index is 13.1. The van der Waals surface area contributed by atoms with Gasteiger partial charge in [0, 0.05) is 24.4 Å². The van der Waals surface area contributed by atoms with E-state index in [-0.39, 0.29) is 27.9 Å². The quantitative estimate of drug-likeness (QED) is 0.340. The highest BCUT2D eigenvalue weighted by Gasteiger charge is 2.31. The molecule has 0 N–H and O–H groups in total. The number of aromatic nitrogens is 3. The molecule has 10 heteroatoms. The Kier molecular flexibility index (Phi) is 7.62. The summed E-state index contributed by atoms with van der Waals surface area (Å²) in [6.45, 7) is 6.17. The summed E-state index contributed by atoms with van der Waals surface area (Å²) in [5.74, 6) is -0.0350. The zero-order chi connectivity index (χ0) is 27.1. The van der Waals surface area contributed by atoms with Gasteiger partial charge in [-0.05, 0) is 66.5 Å². The Morgan fingerprint density at radius 3 is 2.22 bits per heavy atom. The molecule has 5 nitrogen and oxygen atoms in total. The summed E-state index contributed by atoms with van der Waals surface area (Å²) in [5, 5.41) is 0. The van der Waals surface area contributed by atoms with Crippen molar-refractivity contribution in [3.05, 3.63) is 60.1 Å². The van der Waals surface area contributed by atoms with E-state index in [9.17, 15) is 21.6 Å². The largest absolute Gasteiger partial charge is 0.412 e. The van der Waals surface area contributed by atoms with E-state index in [1.807, 2.05) is 24.3 Å². The van der Waals surface area contributed by atoms with Gasteiger partial charge in [0.05, 0.1) is 22.0 Å². The highest BCUT2D eigenvalue weighted by Crippen LogP contribution is 2.45. The lowest BCUT2D eigenvalue weighted by Gasteiger charge is -2.25. The lowest BCUT2D eigenvalue weighted by molar-refractivity contribution is -0.0903. The van der Waals surface area contributed by atoms with Gasteiger partial charge in [0.2, 0.25) is 0 Å². The summed E-state index contributed by atoms with van der Waals surface area (Å²) in [6, 6.07) is 9.49. The van der Waals surface area contributed by atoms with Gasteiger partial charge < -0.3 is 4.57 Å². The van der Waals surface area contributed by atoms with Crippen LogP contribution in [0.25, 0.3) is 34.8 Å². The molecular weight excluding hydrogens is 507 g/mol. The minimum Gasteiger partial charge on any atom is -0.326 e. The summed E-state index contributed by atoms with van der Waals surface area (Å²) < 4.78 is 67.1.